The van der Waals surface area contributed by atoms with Crippen molar-refractivity contribution in [1.29, 1.82) is 0 Å². The molecule has 0 unspecified atom stereocenters. The van der Waals surface area contributed by atoms with Crippen LogP contribution in [-0.4, -0.2) is 5.11 Å². The van der Waals surface area contributed by atoms with Gasteiger partial charge in [-0.2, -0.15) is 0 Å². The van der Waals surface area contributed by atoms with Crippen molar-refractivity contribution in [3.05, 3.63) is 100 Å². The maximum absolute atomic E-state index is 9.64. The molecule has 3 aromatic rings. The molecule has 0 aliphatic rings. The maximum atomic E-state index is 9.64. The fourth-order valence-corrected chi connectivity index (χ4v) is 3.19. The average Bonchev–Trinajstić information content (AvgIpc) is 2.62. The number of allylic oxidation sites excluding steroid dienone is 1. The molecule has 24 heavy (non-hydrogen) atoms. The highest BCUT2D eigenvalue weighted by Crippen LogP contribution is 2.35. The molecule has 0 saturated carbocycles. The minimum atomic E-state index is 0.284. The highest BCUT2D eigenvalue weighted by atomic mass is 79.9. The van der Waals surface area contributed by atoms with E-state index in [4.69, 9.17) is 0 Å². The van der Waals surface area contributed by atoms with Gasteiger partial charge in [-0.05, 0) is 58.5 Å². The third-order valence-corrected chi connectivity index (χ3v) is 4.60. The Hall–Kier alpha value is -2.32. The third-order valence-electron chi connectivity index (χ3n) is 4.07. The quantitative estimate of drug-likeness (QED) is 0.512. The Morgan fingerprint density at radius 1 is 0.750 bits per heavy atom. The molecule has 3 rings (SSSR count). The molecule has 0 radical (unpaired) electrons. The number of aromatic hydroxyl groups is 1. The Morgan fingerprint density at radius 2 is 1.29 bits per heavy atom. The van der Waals surface area contributed by atoms with Crippen molar-refractivity contribution in [2.45, 2.75) is 13.3 Å². The number of halogens is 1. The second-order valence-corrected chi connectivity index (χ2v) is 6.54. The van der Waals surface area contributed by atoms with Crippen molar-refractivity contribution in [2.75, 3.05) is 0 Å². The minimum absolute atomic E-state index is 0.284. The van der Waals surface area contributed by atoms with E-state index in [1.165, 1.54) is 22.3 Å². The van der Waals surface area contributed by atoms with Crippen LogP contribution in [0.15, 0.2) is 83.3 Å². The van der Waals surface area contributed by atoms with Crippen LogP contribution in [0.5, 0.6) is 5.75 Å². The Labute approximate surface area is 151 Å². The van der Waals surface area contributed by atoms with Crippen molar-refractivity contribution in [3.63, 3.8) is 0 Å². The van der Waals surface area contributed by atoms with Crippen LogP contribution in [0.2, 0.25) is 0 Å². The standard InChI is InChI=1S/C22H19BrO/c1-2-21(16-6-4-3-5-7-16)22(17-8-12-19(23)13-9-17)18-10-14-20(24)15-11-18/h3-15,24H,2H2,1H3/b22-21+. The van der Waals surface area contributed by atoms with Gasteiger partial charge >= 0.3 is 0 Å². The Morgan fingerprint density at radius 3 is 1.83 bits per heavy atom. The molecule has 1 nitrogen and oxygen atoms in total. The van der Waals surface area contributed by atoms with E-state index >= 15 is 0 Å². The Balaban J connectivity index is 2.26. The van der Waals surface area contributed by atoms with Crippen molar-refractivity contribution in [2.24, 2.45) is 0 Å². The van der Waals surface area contributed by atoms with Gasteiger partial charge in [0, 0.05) is 4.47 Å². The van der Waals surface area contributed by atoms with Crippen molar-refractivity contribution < 1.29 is 5.11 Å². The molecular formula is C22H19BrO. The zero-order valence-corrected chi connectivity index (χ0v) is 15.1. The molecule has 0 spiro atoms. The zero-order valence-electron chi connectivity index (χ0n) is 13.5. The SMILES string of the molecule is CC/C(=C(\c1ccc(O)cc1)c1ccc(Br)cc1)c1ccccc1. The van der Waals surface area contributed by atoms with Crippen LogP contribution in [0.1, 0.15) is 30.0 Å². The maximum Gasteiger partial charge on any atom is 0.115 e. The summed E-state index contributed by atoms with van der Waals surface area (Å²) in [6, 6.07) is 26.3. The Bertz CT molecular complexity index is 784. The minimum Gasteiger partial charge on any atom is -0.508 e. The lowest BCUT2D eigenvalue weighted by Gasteiger charge is -2.16. The molecule has 0 aliphatic carbocycles. The highest BCUT2D eigenvalue weighted by Gasteiger charge is 2.13. The second-order valence-electron chi connectivity index (χ2n) is 5.63. The van der Waals surface area contributed by atoms with Crippen LogP contribution in [0.3, 0.4) is 0 Å². The largest absolute Gasteiger partial charge is 0.508 e. The lowest BCUT2D eigenvalue weighted by molar-refractivity contribution is 0.475. The molecule has 2 heteroatoms. The van der Waals surface area contributed by atoms with Gasteiger partial charge in [-0.15, -0.1) is 0 Å². The van der Waals surface area contributed by atoms with E-state index in [2.05, 4.69) is 71.4 Å². The van der Waals surface area contributed by atoms with E-state index < -0.39 is 0 Å². The normalized spacial score (nSPS) is 11.9. The summed E-state index contributed by atoms with van der Waals surface area (Å²) in [6.07, 6.45) is 0.927. The molecule has 120 valence electrons. The van der Waals surface area contributed by atoms with Gasteiger partial charge in [0.25, 0.3) is 0 Å². The van der Waals surface area contributed by atoms with E-state index in [0.717, 1.165) is 16.5 Å². The lowest BCUT2D eigenvalue weighted by atomic mass is 9.88. The number of hydrogen-bond acceptors (Lipinski definition) is 1. The summed E-state index contributed by atoms with van der Waals surface area (Å²) in [4.78, 5) is 0. The van der Waals surface area contributed by atoms with Crippen LogP contribution in [0.4, 0.5) is 0 Å². The number of hydrogen-bond donors (Lipinski definition) is 1. The van der Waals surface area contributed by atoms with Crippen molar-refractivity contribution >= 4 is 27.1 Å². The fourth-order valence-electron chi connectivity index (χ4n) is 2.92. The average molecular weight is 379 g/mol. The first kappa shape index (κ1) is 16.5. The summed E-state index contributed by atoms with van der Waals surface area (Å²) < 4.78 is 1.06. The molecule has 0 aliphatic heterocycles. The van der Waals surface area contributed by atoms with Crippen molar-refractivity contribution in [1.82, 2.24) is 0 Å². The molecule has 0 saturated heterocycles. The Kier molecular flexibility index (Phi) is 5.17. The fraction of sp³-hybridized carbons (Fsp3) is 0.0909. The first-order valence-corrected chi connectivity index (χ1v) is 8.82. The van der Waals surface area contributed by atoms with Crippen LogP contribution in [0.25, 0.3) is 11.1 Å². The van der Waals surface area contributed by atoms with Gasteiger partial charge in [0.05, 0.1) is 0 Å². The lowest BCUT2D eigenvalue weighted by Crippen LogP contribution is -1.94. The first-order valence-electron chi connectivity index (χ1n) is 8.03. The molecule has 3 aromatic carbocycles. The molecule has 1 N–H and O–H groups in total. The van der Waals surface area contributed by atoms with Gasteiger partial charge < -0.3 is 5.11 Å². The molecule has 0 fully saturated rings. The van der Waals surface area contributed by atoms with Gasteiger partial charge in [-0.3, -0.25) is 0 Å². The molecule has 0 atom stereocenters. The van der Waals surface area contributed by atoms with E-state index in [1.807, 2.05) is 18.2 Å². The number of rotatable bonds is 4. The number of phenols is 1. The van der Waals surface area contributed by atoms with E-state index in [1.54, 1.807) is 12.1 Å². The topological polar surface area (TPSA) is 20.2 Å². The first-order chi connectivity index (χ1) is 11.7. The van der Waals surface area contributed by atoms with Crippen molar-refractivity contribution in [3.8, 4) is 5.75 Å². The number of phenolic OH excluding ortho intramolecular Hbond substituents is 1. The molecule has 0 heterocycles. The van der Waals surface area contributed by atoms with Gasteiger partial charge in [0.15, 0.2) is 0 Å². The summed E-state index contributed by atoms with van der Waals surface area (Å²) in [6.45, 7) is 2.18. The van der Waals surface area contributed by atoms with Crippen LogP contribution >= 0.6 is 15.9 Å². The third kappa shape index (κ3) is 3.60. The molecule has 0 aromatic heterocycles. The predicted molar refractivity (Wildman–Crippen MR) is 105 cm³/mol. The van der Waals surface area contributed by atoms with Gasteiger partial charge in [0.2, 0.25) is 0 Å². The van der Waals surface area contributed by atoms with Gasteiger partial charge in [-0.1, -0.05) is 77.5 Å². The van der Waals surface area contributed by atoms with Gasteiger partial charge in [-0.25, -0.2) is 0 Å². The highest BCUT2D eigenvalue weighted by molar-refractivity contribution is 9.10. The summed E-state index contributed by atoms with van der Waals surface area (Å²) in [5.74, 6) is 0.284. The zero-order chi connectivity index (χ0) is 16.9. The molecular weight excluding hydrogens is 360 g/mol. The summed E-state index contributed by atoms with van der Waals surface area (Å²) in [5.41, 5.74) is 6.01. The van der Waals surface area contributed by atoms with Crippen LogP contribution in [-0.2, 0) is 0 Å². The van der Waals surface area contributed by atoms with Crippen LogP contribution in [0, 0.1) is 0 Å². The second kappa shape index (κ2) is 7.50. The predicted octanol–water partition coefficient (Wildman–Crippen LogP) is 6.52. The van der Waals surface area contributed by atoms with E-state index in [0.29, 0.717) is 0 Å². The molecule has 0 bridgehead atoms. The summed E-state index contributed by atoms with van der Waals surface area (Å²) in [7, 11) is 0. The van der Waals surface area contributed by atoms with E-state index in [9.17, 15) is 5.11 Å². The smallest absolute Gasteiger partial charge is 0.115 e. The summed E-state index contributed by atoms with van der Waals surface area (Å²) in [5, 5.41) is 9.64. The molecule has 0 amide bonds. The monoisotopic (exact) mass is 378 g/mol. The summed E-state index contributed by atoms with van der Waals surface area (Å²) >= 11 is 3.51. The van der Waals surface area contributed by atoms with Gasteiger partial charge in [0.1, 0.15) is 5.75 Å². The number of benzene rings is 3. The van der Waals surface area contributed by atoms with Crippen LogP contribution < -0.4 is 0 Å². The van der Waals surface area contributed by atoms with E-state index in [-0.39, 0.29) is 5.75 Å².